The van der Waals surface area contributed by atoms with Crippen LogP contribution in [0.1, 0.15) is 13.3 Å². The van der Waals surface area contributed by atoms with Crippen LogP contribution in [-0.2, 0) is 4.79 Å². The maximum Gasteiger partial charge on any atom is 0.317 e. The van der Waals surface area contributed by atoms with Crippen LogP contribution >= 0.6 is 0 Å². The van der Waals surface area contributed by atoms with Crippen molar-refractivity contribution in [3.05, 3.63) is 30.3 Å². The Morgan fingerprint density at radius 1 is 1.09 bits per heavy atom. The topological polar surface area (TPSA) is 61.9 Å². The molecule has 0 radical (unpaired) electrons. The van der Waals surface area contributed by atoms with E-state index in [2.05, 4.69) is 5.32 Å². The summed E-state index contributed by atoms with van der Waals surface area (Å²) in [4.78, 5) is 26.7. The molecule has 1 N–H and O–H groups in total. The molecule has 6 heteroatoms. The maximum absolute atomic E-state index is 12.0. The quantitative estimate of drug-likeness (QED) is 0.835. The molecule has 1 saturated heterocycles. The van der Waals surface area contributed by atoms with Gasteiger partial charge in [-0.1, -0.05) is 18.2 Å². The number of piperazine rings is 1. The number of carbonyl (C=O) groups excluding carboxylic acids is 2. The minimum absolute atomic E-state index is 0.0667. The number of ether oxygens (including phenoxy) is 1. The molecule has 0 spiro atoms. The first kappa shape index (κ1) is 16.1. The number of amides is 3. The first-order valence-corrected chi connectivity index (χ1v) is 7.63. The van der Waals surface area contributed by atoms with Crippen molar-refractivity contribution in [1.82, 2.24) is 15.1 Å². The summed E-state index contributed by atoms with van der Waals surface area (Å²) >= 11 is 0. The first-order chi connectivity index (χ1) is 10.7. The van der Waals surface area contributed by atoms with Gasteiger partial charge < -0.3 is 19.9 Å². The van der Waals surface area contributed by atoms with E-state index in [0.717, 1.165) is 12.2 Å². The van der Waals surface area contributed by atoms with Gasteiger partial charge in [0.1, 0.15) is 5.75 Å². The number of hydrogen-bond donors (Lipinski definition) is 1. The predicted octanol–water partition coefficient (Wildman–Crippen LogP) is 1.33. The minimum atomic E-state index is -0.0667. The van der Waals surface area contributed by atoms with Crippen LogP contribution in [0.4, 0.5) is 4.79 Å². The highest BCUT2D eigenvalue weighted by Crippen LogP contribution is 2.08. The maximum atomic E-state index is 12.0. The zero-order valence-electron chi connectivity index (χ0n) is 13.0. The number of urea groups is 1. The third-order valence-corrected chi connectivity index (χ3v) is 3.62. The highest BCUT2D eigenvalue weighted by molar-refractivity contribution is 5.76. The molecule has 0 unspecified atom stereocenters. The van der Waals surface area contributed by atoms with Crippen LogP contribution in [-0.4, -0.2) is 61.1 Å². The SMILES string of the molecule is CC(=O)N1CCN(C(=O)NCCCOc2ccccc2)CC1. The molecule has 0 aliphatic carbocycles. The third-order valence-electron chi connectivity index (χ3n) is 3.62. The molecule has 22 heavy (non-hydrogen) atoms. The van der Waals surface area contributed by atoms with Crippen LogP contribution in [0.5, 0.6) is 5.75 Å². The summed E-state index contributed by atoms with van der Waals surface area (Å²) in [7, 11) is 0. The minimum Gasteiger partial charge on any atom is -0.494 e. The molecule has 1 aliphatic heterocycles. The monoisotopic (exact) mass is 305 g/mol. The standard InChI is InChI=1S/C16H23N3O3/c1-14(20)18-9-11-19(12-10-18)16(21)17-8-5-13-22-15-6-3-2-4-7-15/h2-4,6-7H,5,8-13H2,1H3,(H,17,21). The highest BCUT2D eigenvalue weighted by atomic mass is 16.5. The van der Waals surface area contributed by atoms with E-state index in [-0.39, 0.29) is 11.9 Å². The van der Waals surface area contributed by atoms with Gasteiger partial charge in [-0.2, -0.15) is 0 Å². The molecule has 2 rings (SSSR count). The second-order valence-electron chi connectivity index (χ2n) is 5.24. The normalized spacial score (nSPS) is 14.6. The van der Waals surface area contributed by atoms with Crippen LogP contribution in [0.2, 0.25) is 0 Å². The average molecular weight is 305 g/mol. The van der Waals surface area contributed by atoms with E-state index in [0.29, 0.717) is 39.3 Å². The number of benzene rings is 1. The summed E-state index contributed by atoms with van der Waals surface area (Å²) in [5, 5.41) is 2.89. The highest BCUT2D eigenvalue weighted by Gasteiger charge is 2.21. The van der Waals surface area contributed by atoms with Gasteiger partial charge in [-0.15, -0.1) is 0 Å². The molecular formula is C16H23N3O3. The lowest BCUT2D eigenvalue weighted by Gasteiger charge is -2.34. The molecule has 0 saturated carbocycles. The van der Waals surface area contributed by atoms with E-state index in [1.807, 2.05) is 30.3 Å². The van der Waals surface area contributed by atoms with Crippen molar-refractivity contribution >= 4 is 11.9 Å². The van der Waals surface area contributed by atoms with Crippen molar-refractivity contribution in [3.8, 4) is 5.75 Å². The van der Waals surface area contributed by atoms with Crippen molar-refractivity contribution < 1.29 is 14.3 Å². The number of hydrogen-bond acceptors (Lipinski definition) is 3. The molecule has 0 atom stereocenters. The predicted molar refractivity (Wildman–Crippen MR) is 83.8 cm³/mol. The molecular weight excluding hydrogens is 282 g/mol. The first-order valence-electron chi connectivity index (χ1n) is 7.63. The lowest BCUT2D eigenvalue weighted by molar-refractivity contribution is -0.130. The van der Waals surface area contributed by atoms with Gasteiger partial charge in [0.15, 0.2) is 0 Å². The van der Waals surface area contributed by atoms with E-state index in [1.165, 1.54) is 0 Å². The second-order valence-corrected chi connectivity index (χ2v) is 5.24. The number of para-hydroxylation sites is 1. The van der Waals surface area contributed by atoms with Gasteiger partial charge in [0.2, 0.25) is 5.91 Å². The second kappa shape index (κ2) is 8.26. The molecule has 3 amide bonds. The fourth-order valence-electron chi connectivity index (χ4n) is 2.31. The molecule has 0 aromatic heterocycles. The smallest absolute Gasteiger partial charge is 0.317 e. The van der Waals surface area contributed by atoms with Gasteiger partial charge >= 0.3 is 6.03 Å². The van der Waals surface area contributed by atoms with Crippen LogP contribution in [0.3, 0.4) is 0 Å². The zero-order chi connectivity index (χ0) is 15.8. The summed E-state index contributed by atoms with van der Waals surface area (Å²) in [6.45, 7) is 5.11. The van der Waals surface area contributed by atoms with Gasteiger partial charge in [-0.25, -0.2) is 4.79 Å². The molecule has 1 aromatic rings. The van der Waals surface area contributed by atoms with Gasteiger partial charge in [0, 0.05) is 39.6 Å². The summed E-state index contributed by atoms with van der Waals surface area (Å²) < 4.78 is 5.56. The Labute approximate surface area is 131 Å². The zero-order valence-corrected chi connectivity index (χ0v) is 13.0. The Bertz CT molecular complexity index is 485. The van der Waals surface area contributed by atoms with Crippen LogP contribution in [0.15, 0.2) is 30.3 Å². The number of nitrogens with one attached hydrogen (secondary N) is 1. The van der Waals surface area contributed by atoms with E-state index in [1.54, 1.807) is 16.7 Å². The number of nitrogens with zero attached hydrogens (tertiary/aromatic N) is 2. The Morgan fingerprint density at radius 2 is 1.73 bits per heavy atom. The van der Waals surface area contributed by atoms with Crippen molar-refractivity contribution in [1.29, 1.82) is 0 Å². The van der Waals surface area contributed by atoms with Gasteiger partial charge in [0.05, 0.1) is 6.61 Å². The fraction of sp³-hybridized carbons (Fsp3) is 0.500. The molecule has 6 nitrogen and oxygen atoms in total. The van der Waals surface area contributed by atoms with E-state index in [4.69, 9.17) is 4.74 Å². The van der Waals surface area contributed by atoms with E-state index < -0.39 is 0 Å². The lowest BCUT2D eigenvalue weighted by Crippen LogP contribution is -2.52. The van der Waals surface area contributed by atoms with Gasteiger partial charge in [-0.05, 0) is 18.6 Å². The summed E-state index contributed by atoms with van der Waals surface area (Å²) in [6, 6.07) is 9.55. The number of carbonyl (C=O) groups is 2. The van der Waals surface area contributed by atoms with Gasteiger partial charge in [0.25, 0.3) is 0 Å². The largest absolute Gasteiger partial charge is 0.494 e. The van der Waals surface area contributed by atoms with E-state index in [9.17, 15) is 9.59 Å². The van der Waals surface area contributed by atoms with Crippen molar-refractivity contribution in [2.45, 2.75) is 13.3 Å². The molecule has 1 fully saturated rings. The molecule has 1 aliphatic rings. The van der Waals surface area contributed by atoms with Crippen LogP contribution < -0.4 is 10.1 Å². The summed E-state index contributed by atoms with van der Waals surface area (Å²) in [5.41, 5.74) is 0. The third kappa shape index (κ3) is 4.95. The Kier molecular flexibility index (Phi) is 6.06. The molecule has 1 heterocycles. The molecule has 1 aromatic carbocycles. The average Bonchev–Trinajstić information content (AvgIpc) is 2.55. The summed E-state index contributed by atoms with van der Waals surface area (Å²) in [5.74, 6) is 0.910. The number of rotatable bonds is 5. The van der Waals surface area contributed by atoms with Crippen molar-refractivity contribution in [2.24, 2.45) is 0 Å². The Hall–Kier alpha value is -2.24. The molecule has 0 bridgehead atoms. The van der Waals surface area contributed by atoms with Crippen molar-refractivity contribution in [2.75, 3.05) is 39.3 Å². The summed E-state index contributed by atoms with van der Waals surface area (Å²) in [6.07, 6.45) is 0.758. The van der Waals surface area contributed by atoms with Crippen molar-refractivity contribution in [3.63, 3.8) is 0 Å². The van der Waals surface area contributed by atoms with Gasteiger partial charge in [-0.3, -0.25) is 4.79 Å². The Morgan fingerprint density at radius 3 is 2.36 bits per heavy atom. The lowest BCUT2D eigenvalue weighted by atomic mass is 10.3. The Balaban J connectivity index is 1.57. The fourth-order valence-corrected chi connectivity index (χ4v) is 2.31. The van der Waals surface area contributed by atoms with E-state index >= 15 is 0 Å². The molecule has 120 valence electrons. The van der Waals surface area contributed by atoms with Crippen LogP contribution in [0, 0.1) is 0 Å². The van der Waals surface area contributed by atoms with Crippen LogP contribution in [0.25, 0.3) is 0 Å².